The Hall–Kier alpha value is -0.980. The molecule has 0 N–H and O–H groups in total. The van der Waals surface area contributed by atoms with Crippen molar-refractivity contribution in [1.82, 2.24) is 0 Å². The van der Waals surface area contributed by atoms with E-state index in [0.717, 1.165) is 0 Å². The Morgan fingerprint density at radius 2 is 0.556 bits per heavy atom. The van der Waals surface area contributed by atoms with Gasteiger partial charge in [0.25, 0.3) is 0 Å². The van der Waals surface area contributed by atoms with Gasteiger partial charge in [0.05, 0.1) is 159 Å². The van der Waals surface area contributed by atoms with E-state index in [-0.39, 0.29) is 6.61 Å². The van der Waals surface area contributed by atoms with Crippen molar-refractivity contribution in [3.05, 3.63) is 12.2 Å². The van der Waals surface area contributed by atoms with Gasteiger partial charge in [-0.05, 0) is 6.92 Å². The van der Waals surface area contributed by atoms with Crippen LogP contribution in [-0.2, 0) is 66.4 Å². The van der Waals surface area contributed by atoms with Crippen LogP contribution < -0.4 is 0 Å². The van der Waals surface area contributed by atoms with Crippen molar-refractivity contribution in [2.45, 2.75) is 6.92 Å². The van der Waals surface area contributed by atoms with E-state index in [0.29, 0.717) is 170 Å². The molecule has 0 saturated carbocycles. The fourth-order valence-corrected chi connectivity index (χ4v) is 3.00. The van der Waals surface area contributed by atoms with Gasteiger partial charge in [-0.3, -0.25) is 0 Å². The van der Waals surface area contributed by atoms with E-state index in [1.807, 2.05) is 0 Å². The van der Waals surface area contributed by atoms with E-state index in [1.165, 1.54) is 0 Å². The summed E-state index contributed by atoms with van der Waals surface area (Å²) in [4.78, 5) is 11.2. The standard InChI is InChI=1S/C30H57ClO14/c1-29(2)30(32)45-28-27-44-26-25-43-24-23-42-22-21-41-20-19-40-18-17-39-16-15-38-14-13-37-12-11-36-10-9-35-8-7-34-6-5-33-4-3-31/h1,3-28H2,2H3. The maximum absolute atomic E-state index is 11.2. The van der Waals surface area contributed by atoms with Crippen molar-refractivity contribution in [2.75, 3.05) is 171 Å². The molecule has 0 aromatic carbocycles. The van der Waals surface area contributed by atoms with Gasteiger partial charge in [0.1, 0.15) is 6.61 Å². The van der Waals surface area contributed by atoms with Crippen LogP contribution in [-0.4, -0.2) is 177 Å². The third-order valence-corrected chi connectivity index (χ3v) is 5.28. The van der Waals surface area contributed by atoms with Crippen LogP contribution in [0.2, 0.25) is 0 Å². The van der Waals surface area contributed by atoms with Crippen molar-refractivity contribution in [2.24, 2.45) is 0 Å². The first-order chi connectivity index (χ1) is 22.2. The van der Waals surface area contributed by atoms with Crippen molar-refractivity contribution in [3.63, 3.8) is 0 Å². The maximum atomic E-state index is 11.2. The highest BCUT2D eigenvalue weighted by Crippen LogP contribution is 1.92. The highest BCUT2D eigenvalue weighted by Gasteiger charge is 2.02. The monoisotopic (exact) mass is 676 g/mol. The third-order valence-electron chi connectivity index (χ3n) is 5.12. The quantitative estimate of drug-likeness (QED) is 0.0403. The second-order valence-electron chi connectivity index (χ2n) is 8.95. The molecule has 14 nitrogen and oxygen atoms in total. The highest BCUT2D eigenvalue weighted by molar-refractivity contribution is 6.17. The number of carbonyl (C=O) groups excluding carboxylic acids is 1. The van der Waals surface area contributed by atoms with E-state index in [2.05, 4.69) is 6.58 Å². The van der Waals surface area contributed by atoms with Crippen LogP contribution in [0.5, 0.6) is 0 Å². The number of alkyl halides is 1. The van der Waals surface area contributed by atoms with E-state index in [4.69, 9.17) is 73.2 Å². The smallest absolute Gasteiger partial charge is 0.333 e. The average Bonchev–Trinajstić information content (AvgIpc) is 3.04. The molecular weight excluding hydrogens is 620 g/mol. The molecule has 0 aliphatic carbocycles. The average molecular weight is 677 g/mol. The minimum Gasteiger partial charge on any atom is -0.460 e. The Labute approximate surface area is 274 Å². The molecular formula is C30H57ClO14. The number of ether oxygens (including phenoxy) is 13. The lowest BCUT2D eigenvalue weighted by Gasteiger charge is -2.09. The summed E-state index contributed by atoms with van der Waals surface area (Å²) in [5, 5.41) is 0. The molecule has 0 bridgehead atoms. The van der Waals surface area contributed by atoms with Gasteiger partial charge < -0.3 is 61.6 Å². The highest BCUT2D eigenvalue weighted by atomic mass is 35.5. The molecule has 0 aromatic heterocycles. The minimum absolute atomic E-state index is 0.198. The van der Waals surface area contributed by atoms with E-state index in [9.17, 15) is 4.79 Å². The van der Waals surface area contributed by atoms with Gasteiger partial charge >= 0.3 is 5.97 Å². The molecule has 0 aliphatic heterocycles. The molecule has 0 rings (SSSR count). The molecule has 268 valence electrons. The van der Waals surface area contributed by atoms with Crippen LogP contribution in [0.15, 0.2) is 12.2 Å². The Morgan fingerprint density at radius 1 is 0.378 bits per heavy atom. The Kier molecular flexibility index (Phi) is 38.3. The number of hydrogen-bond acceptors (Lipinski definition) is 14. The normalized spacial score (nSPS) is 11.3. The minimum atomic E-state index is -0.414. The molecule has 0 aliphatic rings. The zero-order valence-electron chi connectivity index (χ0n) is 27.2. The lowest BCUT2D eigenvalue weighted by Crippen LogP contribution is -2.16. The van der Waals surface area contributed by atoms with E-state index >= 15 is 0 Å². The third kappa shape index (κ3) is 39.1. The maximum Gasteiger partial charge on any atom is 0.333 e. The van der Waals surface area contributed by atoms with E-state index in [1.54, 1.807) is 6.92 Å². The zero-order chi connectivity index (χ0) is 32.7. The summed E-state index contributed by atoms with van der Waals surface area (Å²) >= 11 is 5.51. The molecule has 0 radical (unpaired) electrons. The Balaban J connectivity index is 3.06. The van der Waals surface area contributed by atoms with Crippen LogP contribution in [0, 0.1) is 0 Å². The van der Waals surface area contributed by atoms with Crippen LogP contribution in [0.4, 0.5) is 0 Å². The van der Waals surface area contributed by atoms with Gasteiger partial charge in [-0.1, -0.05) is 6.58 Å². The number of hydrogen-bond donors (Lipinski definition) is 0. The number of esters is 1. The van der Waals surface area contributed by atoms with Gasteiger partial charge in [0.15, 0.2) is 0 Å². The van der Waals surface area contributed by atoms with Crippen LogP contribution in [0.3, 0.4) is 0 Å². The molecule has 0 spiro atoms. The summed E-state index contributed by atoms with van der Waals surface area (Å²) in [5.41, 5.74) is 0.369. The van der Waals surface area contributed by atoms with Crippen molar-refractivity contribution in [1.29, 1.82) is 0 Å². The fourth-order valence-electron chi connectivity index (χ4n) is 2.89. The van der Waals surface area contributed by atoms with Crippen molar-refractivity contribution < 1.29 is 66.4 Å². The summed E-state index contributed by atoms with van der Waals surface area (Å²) in [6.45, 7) is 17.1. The van der Waals surface area contributed by atoms with Crippen molar-refractivity contribution in [3.8, 4) is 0 Å². The number of rotatable bonds is 39. The molecule has 0 heterocycles. The second kappa shape index (κ2) is 39.2. The first kappa shape index (κ1) is 44.0. The lowest BCUT2D eigenvalue weighted by atomic mass is 10.4. The predicted molar refractivity (Wildman–Crippen MR) is 166 cm³/mol. The first-order valence-electron chi connectivity index (χ1n) is 15.5. The van der Waals surface area contributed by atoms with Gasteiger partial charge in [0.2, 0.25) is 0 Å². The first-order valence-corrected chi connectivity index (χ1v) is 16.0. The molecule has 0 amide bonds. The largest absolute Gasteiger partial charge is 0.460 e. The molecule has 0 atom stereocenters. The number of carbonyl (C=O) groups is 1. The summed E-state index contributed by atoms with van der Waals surface area (Å²) < 4.78 is 69.7. The lowest BCUT2D eigenvalue weighted by molar-refractivity contribution is -0.140. The predicted octanol–water partition coefficient (Wildman–Crippen LogP) is 1.54. The Morgan fingerprint density at radius 3 is 0.733 bits per heavy atom. The second-order valence-corrected chi connectivity index (χ2v) is 9.33. The fraction of sp³-hybridized carbons (Fsp3) is 0.900. The molecule has 0 fully saturated rings. The van der Waals surface area contributed by atoms with Gasteiger partial charge in [-0.15, -0.1) is 11.6 Å². The van der Waals surface area contributed by atoms with Gasteiger partial charge in [-0.25, -0.2) is 4.79 Å². The molecule has 15 heteroatoms. The SMILES string of the molecule is C=C(C)C(=O)OCCOCCOCCOCCOCCOCCOCCOCCOCCOCCOCCOCCOCCCl. The molecule has 0 unspecified atom stereocenters. The van der Waals surface area contributed by atoms with Crippen LogP contribution in [0.25, 0.3) is 0 Å². The van der Waals surface area contributed by atoms with Crippen molar-refractivity contribution >= 4 is 17.6 Å². The summed E-state index contributed by atoms with van der Waals surface area (Å²) in [7, 11) is 0. The molecule has 45 heavy (non-hydrogen) atoms. The number of halogens is 1. The summed E-state index contributed by atoms with van der Waals surface area (Å²) in [6.07, 6.45) is 0. The van der Waals surface area contributed by atoms with Gasteiger partial charge in [0, 0.05) is 11.5 Å². The molecule has 0 saturated heterocycles. The summed E-state index contributed by atoms with van der Waals surface area (Å²) in [5.74, 6) is 0.0796. The Bertz CT molecular complexity index is 617. The van der Waals surface area contributed by atoms with Gasteiger partial charge in [-0.2, -0.15) is 0 Å². The van der Waals surface area contributed by atoms with Crippen LogP contribution >= 0.6 is 11.6 Å². The molecule has 0 aromatic rings. The zero-order valence-corrected chi connectivity index (χ0v) is 27.9. The van der Waals surface area contributed by atoms with Crippen LogP contribution in [0.1, 0.15) is 6.92 Å². The van der Waals surface area contributed by atoms with E-state index < -0.39 is 5.97 Å². The summed E-state index contributed by atoms with van der Waals surface area (Å²) in [6, 6.07) is 0. The topological polar surface area (TPSA) is 137 Å².